The predicted molar refractivity (Wildman–Crippen MR) is 86.3 cm³/mol. The number of benzene rings is 1. The Hall–Kier alpha value is -2.20. The van der Waals surface area contributed by atoms with Crippen molar-refractivity contribution in [2.75, 3.05) is 24.0 Å². The first kappa shape index (κ1) is 17.2. The van der Waals surface area contributed by atoms with Gasteiger partial charge in [0.15, 0.2) is 9.84 Å². The van der Waals surface area contributed by atoms with Crippen LogP contribution in [0.1, 0.15) is 0 Å². The van der Waals surface area contributed by atoms with Gasteiger partial charge < -0.3 is 10.2 Å². The molecule has 1 aromatic rings. The lowest BCUT2D eigenvalue weighted by Gasteiger charge is -2.20. The highest BCUT2D eigenvalue weighted by Gasteiger charge is 2.21. The van der Waals surface area contributed by atoms with Crippen molar-refractivity contribution < 1.29 is 22.8 Å². The minimum atomic E-state index is -3.49. The second-order valence-corrected chi connectivity index (χ2v) is 7.64. The fourth-order valence-corrected chi connectivity index (χ4v) is 3.26. The fraction of sp³-hybridized carbons (Fsp3) is 0.231. The van der Waals surface area contributed by atoms with Gasteiger partial charge in [0, 0.05) is 19.5 Å². The van der Waals surface area contributed by atoms with Crippen LogP contribution in [0.3, 0.4) is 0 Å². The number of anilines is 1. The van der Waals surface area contributed by atoms with Gasteiger partial charge in [0.1, 0.15) is 5.03 Å². The van der Waals surface area contributed by atoms with Crippen LogP contribution in [0.2, 0.25) is 0 Å². The molecule has 10 heteroatoms. The summed E-state index contributed by atoms with van der Waals surface area (Å²) in [6.07, 6.45) is 1.66. The smallest absolute Gasteiger partial charge is 0.329 e. The van der Waals surface area contributed by atoms with Gasteiger partial charge in [-0.25, -0.2) is 18.7 Å². The second-order valence-electron chi connectivity index (χ2n) is 4.63. The van der Waals surface area contributed by atoms with Crippen LogP contribution in [0, 0.1) is 0 Å². The highest BCUT2D eigenvalue weighted by Crippen LogP contribution is 2.24. The number of carbonyl (C=O) groups excluding carboxylic acids is 2. The van der Waals surface area contributed by atoms with Crippen molar-refractivity contribution >= 4 is 39.3 Å². The van der Waals surface area contributed by atoms with E-state index in [1.54, 1.807) is 12.1 Å². The highest BCUT2D eigenvalue weighted by molar-refractivity contribution is 8.03. The number of nitrogens with zero attached hydrogens (tertiary/aromatic N) is 1. The summed E-state index contributed by atoms with van der Waals surface area (Å²) in [6.45, 7) is 0. The van der Waals surface area contributed by atoms with E-state index in [9.17, 15) is 18.0 Å². The van der Waals surface area contributed by atoms with E-state index in [2.05, 4.69) is 10.8 Å². The molecule has 2 rings (SSSR count). The van der Waals surface area contributed by atoms with Gasteiger partial charge in [-0.2, -0.15) is 0 Å². The molecule has 0 spiro atoms. The van der Waals surface area contributed by atoms with E-state index in [0.717, 1.165) is 11.2 Å². The van der Waals surface area contributed by atoms with Crippen molar-refractivity contribution in [3.63, 3.8) is 0 Å². The van der Waals surface area contributed by atoms with Crippen molar-refractivity contribution in [3.8, 4) is 0 Å². The van der Waals surface area contributed by atoms with Gasteiger partial charge in [-0.1, -0.05) is 23.9 Å². The number of sulfone groups is 1. The van der Waals surface area contributed by atoms with Crippen LogP contribution in [0.15, 0.2) is 40.4 Å². The number of hydrogen-bond donors (Lipinski definition) is 2. The van der Waals surface area contributed by atoms with Gasteiger partial charge in [-0.3, -0.25) is 9.69 Å². The molecular formula is C13H15N3O5S2. The normalized spacial score (nSPS) is 14.5. The lowest BCUT2D eigenvalue weighted by Crippen LogP contribution is -2.34. The Bertz CT molecular complexity index is 761. The first-order valence-electron chi connectivity index (χ1n) is 6.41. The Labute approximate surface area is 137 Å². The number of para-hydroxylation sites is 1. The Morgan fingerprint density at radius 3 is 2.70 bits per heavy atom. The summed E-state index contributed by atoms with van der Waals surface area (Å²) in [7, 11) is -2.09. The van der Waals surface area contributed by atoms with Crippen LogP contribution >= 0.6 is 11.8 Å². The van der Waals surface area contributed by atoms with Gasteiger partial charge in [0.25, 0.3) is 0 Å². The maximum Gasteiger partial charge on any atom is 0.438 e. The Balaban J connectivity index is 2.07. The van der Waals surface area contributed by atoms with Gasteiger partial charge >= 0.3 is 6.09 Å². The van der Waals surface area contributed by atoms with Crippen molar-refractivity contribution in [1.29, 1.82) is 0 Å². The lowest BCUT2D eigenvalue weighted by atomic mass is 10.3. The van der Waals surface area contributed by atoms with Crippen molar-refractivity contribution in [2.24, 2.45) is 0 Å². The molecule has 8 nitrogen and oxygen atoms in total. The zero-order valence-corrected chi connectivity index (χ0v) is 14.0. The molecule has 1 aromatic carbocycles. The summed E-state index contributed by atoms with van der Waals surface area (Å²) in [6, 6.07) is 6.11. The van der Waals surface area contributed by atoms with E-state index in [1.807, 2.05) is 0 Å². The van der Waals surface area contributed by atoms with Crippen molar-refractivity contribution in [3.05, 3.63) is 35.5 Å². The van der Waals surface area contributed by atoms with E-state index < -0.39 is 15.9 Å². The quantitative estimate of drug-likeness (QED) is 0.769. The number of rotatable bonds is 4. The summed E-state index contributed by atoms with van der Waals surface area (Å²) >= 11 is 1.17. The molecule has 0 saturated carbocycles. The molecule has 2 amide bonds. The minimum absolute atomic E-state index is 0.0259. The van der Waals surface area contributed by atoms with Gasteiger partial charge in [0.2, 0.25) is 5.91 Å². The third-order valence-electron chi connectivity index (χ3n) is 2.86. The molecule has 23 heavy (non-hydrogen) atoms. The number of hydrogen-bond acceptors (Lipinski definition) is 7. The van der Waals surface area contributed by atoms with E-state index in [4.69, 9.17) is 4.84 Å². The van der Waals surface area contributed by atoms with Crippen LogP contribution in [0.5, 0.6) is 0 Å². The SMILES string of the molecule is CN(C(=O)ONC1=CNC(=O)CS1)c1ccccc1S(C)(=O)=O. The van der Waals surface area contributed by atoms with Crippen LogP contribution < -0.4 is 15.7 Å². The molecule has 1 aliphatic rings. The molecule has 0 unspecified atom stereocenters. The maximum atomic E-state index is 12.1. The lowest BCUT2D eigenvalue weighted by molar-refractivity contribution is -0.117. The van der Waals surface area contributed by atoms with E-state index in [-0.39, 0.29) is 22.2 Å². The third-order valence-corrected chi connectivity index (χ3v) is 4.92. The van der Waals surface area contributed by atoms with Gasteiger partial charge in [-0.15, -0.1) is 0 Å². The van der Waals surface area contributed by atoms with Crippen LogP contribution in [-0.2, 0) is 19.5 Å². The number of thioether (sulfide) groups is 1. The molecule has 0 fully saturated rings. The van der Waals surface area contributed by atoms with Crippen LogP contribution in [-0.4, -0.2) is 39.5 Å². The zero-order chi connectivity index (χ0) is 17.0. The maximum absolute atomic E-state index is 12.1. The molecule has 0 bridgehead atoms. The minimum Gasteiger partial charge on any atom is -0.329 e. The van der Waals surface area contributed by atoms with Crippen LogP contribution in [0.25, 0.3) is 0 Å². The average molecular weight is 357 g/mol. The van der Waals surface area contributed by atoms with Crippen molar-refractivity contribution in [1.82, 2.24) is 10.8 Å². The Morgan fingerprint density at radius 2 is 2.09 bits per heavy atom. The summed E-state index contributed by atoms with van der Waals surface area (Å²) in [5.74, 6) is 0.0643. The molecule has 124 valence electrons. The number of amides is 2. The average Bonchev–Trinajstić information content (AvgIpc) is 2.52. The summed E-state index contributed by atoms with van der Waals surface area (Å²) < 4.78 is 23.5. The Morgan fingerprint density at radius 1 is 1.39 bits per heavy atom. The summed E-state index contributed by atoms with van der Waals surface area (Å²) in [5.41, 5.74) is 2.63. The number of carbonyl (C=O) groups is 2. The third kappa shape index (κ3) is 4.39. The molecule has 2 N–H and O–H groups in total. The number of hydroxylamine groups is 1. The molecule has 0 aromatic heterocycles. The largest absolute Gasteiger partial charge is 0.438 e. The monoisotopic (exact) mass is 357 g/mol. The molecule has 0 aliphatic carbocycles. The topological polar surface area (TPSA) is 105 Å². The van der Waals surface area contributed by atoms with Crippen molar-refractivity contribution in [2.45, 2.75) is 4.90 Å². The zero-order valence-electron chi connectivity index (χ0n) is 12.4. The van der Waals surface area contributed by atoms with Gasteiger partial charge in [-0.05, 0) is 12.1 Å². The molecule has 0 atom stereocenters. The second kappa shape index (κ2) is 6.92. The van der Waals surface area contributed by atoms with E-state index in [0.29, 0.717) is 5.03 Å². The molecule has 0 radical (unpaired) electrons. The number of nitrogens with one attached hydrogen (secondary N) is 2. The first-order chi connectivity index (χ1) is 10.8. The first-order valence-corrected chi connectivity index (χ1v) is 9.28. The standard InChI is InChI=1S/C13H15N3O5S2/c1-16(9-5-3-4-6-10(9)23(2,19)20)13(18)21-15-12-7-14-11(17)8-22-12/h3-7,15H,8H2,1-2H3,(H,14,17). The summed E-state index contributed by atoms with van der Waals surface area (Å²) in [5, 5.41) is 2.94. The van der Waals surface area contributed by atoms with E-state index >= 15 is 0 Å². The predicted octanol–water partition coefficient (Wildman–Crippen LogP) is 0.829. The molecule has 0 saturated heterocycles. The molecule has 1 aliphatic heterocycles. The highest BCUT2D eigenvalue weighted by atomic mass is 32.2. The fourth-order valence-electron chi connectivity index (χ4n) is 1.74. The van der Waals surface area contributed by atoms with Gasteiger partial charge in [0.05, 0.1) is 16.3 Å². The molecular weight excluding hydrogens is 342 g/mol. The van der Waals surface area contributed by atoms with Crippen LogP contribution in [0.4, 0.5) is 10.5 Å². The Kier molecular flexibility index (Phi) is 5.16. The molecule has 1 heterocycles. The van der Waals surface area contributed by atoms with E-state index in [1.165, 1.54) is 37.1 Å². The summed E-state index contributed by atoms with van der Waals surface area (Å²) in [4.78, 5) is 29.1.